The number of hydrogen-bond donors (Lipinski definition) is 1. The Bertz CT molecular complexity index is 788. The normalized spacial score (nSPS) is 27.7. The van der Waals surface area contributed by atoms with Gasteiger partial charge in [0, 0.05) is 36.7 Å². The molecule has 2 saturated heterocycles. The average molecular weight is 337 g/mol. The molecular formula is C19H23N5O. The SMILES string of the molecule is Cc1ccc(-c2ncccn2)c(C(=O)N2C3CC(C3)[C@@H](C)[C@H]2CN)n1. The fraction of sp³-hybridized carbons (Fsp3) is 0.474. The summed E-state index contributed by atoms with van der Waals surface area (Å²) in [6, 6.07) is 5.91. The Morgan fingerprint density at radius 2 is 2.00 bits per heavy atom. The Hall–Kier alpha value is -2.34. The van der Waals surface area contributed by atoms with Crippen molar-refractivity contribution < 1.29 is 4.79 Å². The van der Waals surface area contributed by atoms with E-state index in [1.807, 2.05) is 24.0 Å². The largest absolute Gasteiger partial charge is 0.330 e. The molecular weight excluding hydrogens is 314 g/mol. The van der Waals surface area contributed by atoms with Crippen molar-refractivity contribution >= 4 is 5.91 Å². The standard InChI is InChI=1S/C19H23N5O/c1-11-4-5-15(18-21-6-3-7-22-18)17(23-11)19(25)24-14-8-13(9-14)12(2)16(24)10-20/h3-7,12-14,16H,8-10,20H2,1-2H3/t12-,13?,14?,16-/m1/s1. The van der Waals surface area contributed by atoms with Crippen molar-refractivity contribution in [1.29, 1.82) is 0 Å². The summed E-state index contributed by atoms with van der Waals surface area (Å²) in [4.78, 5) is 28.6. The van der Waals surface area contributed by atoms with Gasteiger partial charge in [0.05, 0.1) is 5.56 Å². The molecule has 1 amide bonds. The molecule has 2 N–H and O–H groups in total. The molecule has 2 atom stereocenters. The van der Waals surface area contributed by atoms with Crippen LogP contribution in [0.1, 0.15) is 35.9 Å². The van der Waals surface area contributed by atoms with Gasteiger partial charge in [-0.2, -0.15) is 0 Å². The highest BCUT2D eigenvalue weighted by molar-refractivity contribution is 5.98. The quantitative estimate of drug-likeness (QED) is 0.926. The number of rotatable bonds is 3. The molecule has 6 nitrogen and oxygen atoms in total. The van der Waals surface area contributed by atoms with Crippen molar-refractivity contribution in [2.24, 2.45) is 17.6 Å². The first-order valence-corrected chi connectivity index (χ1v) is 8.88. The summed E-state index contributed by atoms with van der Waals surface area (Å²) in [7, 11) is 0. The van der Waals surface area contributed by atoms with E-state index in [2.05, 4.69) is 21.9 Å². The zero-order chi connectivity index (χ0) is 17.6. The van der Waals surface area contributed by atoms with E-state index in [0.29, 0.717) is 35.5 Å². The van der Waals surface area contributed by atoms with Crippen LogP contribution in [0.2, 0.25) is 0 Å². The molecule has 2 aromatic heterocycles. The maximum Gasteiger partial charge on any atom is 0.273 e. The second-order valence-electron chi connectivity index (χ2n) is 7.18. The van der Waals surface area contributed by atoms with E-state index >= 15 is 0 Å². The Balaban J connectivity index is 1.76. The van der Waals surface area contributed by atoms with Gasteiger partial charge in [0.15, 0.2) is 5.82 Å². The molecule has 4 heterocycles. The Morgan fingerprint density at radius 1 is 1.28 bits per heavy atom. The molecule has 6 heteroatoms. The average Bonchev–Trinajstić information content (AvgIpc) is 2.60. The fourth-order valence-electron chi connectivity index (χ4n) is 4.23. The Kier molecular flexibility index (Phi) is 4.00. The van der Waals surface area contributed by atoms with Crippen molar-refractivity contribution in [1.82, 2.24) is 19.9 Å². The number of amides is 1. The lowest BCUT2D eigenvalue weighted by Gasteiger charge is -2.57. The summed E-state index contributed by atoms with van der Waals surface area (Å²) in [5.74, 6) is 1.61. The minimum absolute atomic E-state index is 0.0448. The fourth-order valence-corrected chi connectivity index (χ4v) is 4.23. The lowest BCUT2D eigenvalue weighted by molar-refractivity contribution is -0.0517. The van der Waals surface area contributed by atoms with Crippen LogP contribution < -0.4 is 5.73 Å². The number of aromatic nitrogens is 3. The molecule has 2 bridgehead atoms. The van der Waals surface area contributed by atoms with Crippen LogP contribution in [0.4, 0.5) is 0 Å². The molecule has 1 saturated carbocycles. The van der Waals surface area contributed by atoms with Crippen LogP contribution in [0.15, 0.2) is 30.6 Å². The minimum Gasteiger partial charge on any atom is -0.330 e. The molecule has 2 aliphatic heterocycles. The number of nitrogens with two attached hydrogens (primary N) is 1. The van der Waals surface area contributed by atoms with Gasteiger partial charge >= 0.3 is 0 Å². The number of pyridine rings is 1. The molecule has 0 unspecified atom stereocenters. The Labute approximate surface area is 147 Å². The number of nitrogens with zero attached hydrogens (tertiary/aromatic N) is 4. The molecule has 2 aromatic rings. The molecule has 3 aliphatic rings. The van der Waals surface area contributed by atoms with Crippen LogP contribution in [0.25, 0.3) is 11.4 Å². The summed E-state index contributed by atoms with van der Waals surface area (Å²) in [6.45, 7) is 4.59. The third kappa shape index (κ3) is 2.61. The number of piperidine rings is 2. The summed E-state index contributed by atoms with van der Waals surface area (Å²) < 4.78 is 0. The van der Waals surface area contributed by atoms with Gasteiger partial charge in [0.2, 0.25) is 0 Å². The summed E-state index contributed by atoms with van der Waals surface area (Å²) in [5, 5.41) is 0. The van der Waals surface area contributed by atoms with E-state index in [1.165, 1.54) is 0 Å². The van der Waals surface area contributed by atoms with Crippen molar-refractivity contribution in [2.45, 2.75) is 38.8 Å². The van der Waals surface area contributed by atoms with Gasteiger partial charge in [-0.3, -0.25) is 4.79 Å². The number of aryl methyl sites for hydroxylation is 1. The Morgan fingerprint density at radius 3 is 2.68 bits per heavy atom. The molecule has 0 spiro atoms. The maximum absolute atomic E-state index is 13.4. The van der Waals surface area contributed by atoms with Gasteiger partial charge in [-0.05, 0) is 49.8 Å². The first-order chi connectivity index (χ1) is 12.1. The van der Waals surface area contributed by atoms with Gasteiger partial charge in [-0.15, -0.1) is 0 Å². The molecule has 0 aromatic carbocycles. The van der Waals surface area contributed by atoms with Crippen molar-refractivity contribution in [2.75, 3.05) is 6.54 Å². The minimum atomic E-state index is -0.0448. The highest BCUT2D eigenvalue weighted by Gasteiger charge is 2.50. The zero-order valence-electron chi connectivity index (χ0n) is 14.6. The van der Waals surface area contributed by atoms with Gasteiger partial charge < -0.3 is 10.6 Å². The molecule has 0 radical (unpaired) electrons. The van der Waals surface area contributed by atoms with E-state index in [0.717, 1.165) is 18.5 Å². The monoisotopic (exact) mass is 337 g/mol. The molecule has 130 valence electrons. The number of carbonyl (C=O) groups is 1. The van der Waals surface area contributed by atoms with E-state index < -0.39 is 0 Å². The van der Waals surface area contributed by atoms with Crippen LogP contribution in [0, 0.1) is 18.8 Å². The smallest absolute Gasteiger partial charge is 0.273 e. The number of carbonyl (C=O) groups excluding carboxylic acids is 1. The van der Waals surface area contributed by atoms with Crippen LogP contribution >= 0.6 is 0 Å². The third-order valence-corrected chi connectivity index (χ3v) is 5.77. The van der Waals surface area contributed by atoms with Crippen LogP contribution in [-0.2, 0) is 0 Å². The zero-order valence-corrected chi connectivity index (χ0v) is 14.6. The van der Waals surface area contributed by atoms with E-state index in [1.54, 1.807) is 18.5 Å². The van der Waals surface area contributed by atoms with Crippen LogP contribution in [0.3, 0.4) is 0 Å². The van der Waals surface area contributed by atoms with Crippen molar-refractivity contribution in [3.05, 3.63) is 42.0 Å². The summed E-state index contributed by atoms with van der Waals surface area (Å²) in [6.07, 6.45) is 5.51. The second kappa shape index (κ2) is 6.19. The van der Waals surface area contributed by atoms with Gasteiger partial charge in [-0.25, -0.2) is 15.0 Å². The lowest BCUT2D eigenvalue weighted by Crippen LogP contribution is -2.65. The van der Waals surface area contributed by atoms with Crippen molar-refractivity contribution in [3.8, 4) is 11.4 Å². The topological polar surface area (TPSA) is 85.0 Å². The predicted molar refractivity (Wildman–Crippen MR) is 94.7 cm³/mol. The van der Waals surface area contributed by atoms with Gasteiger partial charge in [-0.1, -0.05) is 6.92 Å². The number of fused-ring (bicyclic) bond motifs is 2. The maximum atomic E-state index is 13.4. The highest BCUT2D eigenvalue weighted by atomic mass is 16.2. The summed E-state index contributed by atoms with van der Waals surface area (Å²) in [5.41, 5.74) is 7.95. The predicted octanol–water partition coefficient (Wildman–Crippen LogP) is 2.04. The van der Waals surface area contributed by atoms with E-state index in [-0.39, 0.29) is 18.0 Å². The van der Waals surface area contributed by atoms with Gasteiger partial charge in [0.1, 0.15) is 5.69 Å². The third-order valence-electron chi connectivity index (χ3n) is 5.77. The molecule has 25 heavy (non-hydrogen) atoms. The number of hydrogen-bond acceptors (Lipinski definition) is 5. The van der Waals surface area contributed by atoms with Crippen molar-refractivity contribution in [3.63, 3.8) is 0 Å². The van der Waals surface area contributed by atoms with Gasteiger partial charge in [0.25, 0.3) is 5.91 Å². The summed E-state index contributed by atoms with van der Waals surface area (Å²) >= 11 is 0. The lowest BCUT2D eigenvalue weighted by atomic mass is 9.64. The molecule has 1 aliphatic carbocycles. The van der Waals surface area contributed by atoms with E-state index in [9.17, 15) is 4.79 Å². The first-order valence-electron chi connectivity index (χ1n) is 8.88. The van der Waals surface area contributed by atoms with E-state index in [4.69, 9.17) is 5.73 Å². The van der Waals surface area contributed by atoms with Crippen LogP contribution in [0.5, 0.6) is 0 Å². The first kappa shape index (κ1) is 16.1. The van der Waals surface area contributed by atoms with Crippen LogP contribution in [-0.4, -0.2) is 44.4 Å². The molecule has 3 fully saturated rings. The second-order valence-corrected chi connectivity index (χ2v) is 7.18. The highest BCUT2D eigenvalue weighted by Crippen LogP contribution is 2.46. The molecule has 5 rings (SSSR count).